The lowest BCUT2D eigenvalue weighted by Gasteiger charge is -2.52. The highest BCUT2D eigenvalue weighted by atomic mass is 16.6. The van der Waals surface area contributed by atoms with Gasteiger partial charge in [-0.15, -0.1) is 0 Å². The second-order valence-electron chi connectivity index (χ2n) is 7.73. The quantitative estimate of drug-likeness (QED) is 0.590. The van der Waals surface area contributed by atoms with Crippen molar-refractivity contribution in [2.24, 2.45) is 0 Å². The van der Waals surface area contributed by atoms with Crippen molar-refractivity contribution in [1.82, 2.24) is 4.90 Å². The molecule has 0 saturated carbocycles. The fraction of sp³-hybridized carbons (Fsp3) is 0.429. The highest BCUT2D eigenvalue weighted by molar-refractivity contribution is 5.74. The number of nitrogens with zero attached hydrogens (tertiary/aromatic N) is 1. The third-order valence-electron chi connectivity index (χ3n) is 6.22. The Bertz CT molecular complexity index is 946. The number of hydrogen-bond donors (Lipinski definition) is 0. The lowest BCUT2D eigenvalue weighted by molar-refractivity contribution is -0.138. The van der Waals surface area contributed by atoms with Crippen LogP contribution in [-0.4, -0.2) is 42.6 Å². The van der Waals surface area contributed by atoms with E-state index < -0.39 is 6.10 Å². The van der Waals surface area contributed by atoms with Crippen LogP contribution >= 0.6 is 0 Å². The van der Waals surface area contributed by atoms with Crippen LogP contribution in [0.3, 0.4) is 0 Å². The van der Waals surface area contributed by atoms with Crippen LogP contribution in [0.5, 0.6) is 11.5 Å². The Morgan fingerprint density at radius 3 is 2.70 bits per heavy atom. The number of likely N-dealkylation sites (N-methyl/N-ethyl adjacent to an activating group) is 1. The van der Waals surface area contributed by atoms with Gasteiger partial charge in [0.2, 0.25) is 0 Å². The molecule has 5 rings (SSSR count). The van der Waals surface area contributed by atoms with Gasteiger partial charge in [-0.2, -0.15) is 0 Å². The number of likely N-dealkylation sites (tertiary alicyclic amines) is 1. The molecule has 1 aromatic rings. The van der Waals surface area contributed by atoms with Crippen LogP contribution < -0.4 is 9.47 Å². The number of carbonyl (C=O) groups is 2. The Hall–Kier alpha value is -2.60. The lowest BCUT2D eigenvalue weighted by Crippen LogP contribution is -2.58. The maximum absolute atomic E-state index is 11.7. The van der Waals surface area contributed by atoms with Gasteiger partial charge in [0, 0.05) is 25.5 Å². The predicted octanol–water partition coefficient (Wildman–Crippen LogP) is 2.26. The van der Waals surface area contributed by atoms with E-state index in [0.717, 1.165) is 24.9 Å². The molecule has 140 valence electrons. The first-order valence-electron chi connectivity index (χ1n) is 9.24. The molecule has 2 heterocycles. The van der Waals surface area contributed by atoms with Crippen molar-refractivity contribution < 1.29 is 23.8 Å². The molecular weight excluding hydrogens is 346 g/mol. The van der Waals surface area contributed by atoms with Crippen molar-refractivity contribution in [3.05, 3.63) is 46.7 Å². The molecule has 2 aliphatic heterocycles. The first-order chi connectivity index (χ1) is 12.9. The van der Waals surface area contributed by atoms with E-state index in [1.54, 1.807) is 0 Å². The number of esters is 2. The topological polar surface area (TPSA) is 65.1 Å². The summed E-state index contributed by atoms with van der Waals surface area (Å²) in [6.07, 6.45) is 5.28. The molecule has 6 nitrogen and oxygen atoms in total. The summed E-state index contributed by atoms with van der Waals surface area (Å²) < 4.78 is 17.3. The molecule has 1 fully saturated rings. The van der Waals surface area contributed by atoms with Gasteiger partial charge in [-0.25, -0.2) is 0 Å². The van der Waals surface area contributed by atoms with Gasteiger partial charge >= 0.3 is 11.9 Å². The molecule has 27 heavy (non-hydrogen) atoms. The number of ether oxygens (including phenoxy) is 3. The van der Waals surface area contributed by atoms with Crippen molar-refractivity contribution >= 4 is 11.9 Å². The smallest absolute Gasteiger partial charge is 0.308 e. The van der Waals surface area contributed by atoms with Crippen LogP contribution in [-0.2, 0) is 26.2 Å². The van der Waals surface area contributed by atoms with Gasteiger partial charge < -0.3 is 14.2 Å². The van der Waals surface area contributed by atoms with Crippen LogP contribution in [0.15, 0.2) is 35.6 Å². The van der Waals surface area contributed by atoms with E-state index >= 15 is 0 Å². The standard InChI is InChI=1S/C21H21NO5/c1-11(23)25-16-6-4-13-10-15-14-5-7-17(26-12(2)24)20-21(14,8-9-22(15)3)18(13)19(16)27-20/h4-7,15,20H,8-10H2,1-3H3/t15-,20+,21+/m1/s1. The molecule has 0 unspecified atom stereocenters. The summed E-state index contributed by atoms with van der Waals surface area (Å²) in [4.78, 5) is 25.6. The predicted molar refractivity (Wildman–Crippen MR) is 96.5 cm³/mol. The first kappa shape index (κ1) is 16.6. The van der Waals surface area contributed by atoms with Gasteiger partial charge in [0.15, 0.2) is 17.6 Å². The number of hydrogen-bond acceptors (Lipinski definition) is 6. The van der Waals surface area contributed by atoms with Crippen LogP contribution in [0.2, 0.25) is 0 Å². The molecule has 1 saturated heterocycles. The number of carbonyl (C=O) groups excluding carboxylic acids is 2. The SMILES string of the molecule is CC(=O)OC1=CC=C2[C@H]3Cc4ccc(OC(C)=O)c5c4[C@@]2(CCN3C)[C@H]1O5. The van der Waals surface area contributed by atoms with Crippen LogP contribution in [0.25, 0.3) is 0 Å². The number of rotatable bonds is 2. The highest BCUT2D eigenvalue weighted by Crippen LogP contribution is 2.62. The van der Waals surface area contributed by atoms with E-state index in [4.69, 9.17) is 14.2 Å². The average molecular weight is 367 g/mol. The fourth-order valence-corrected chi connectivity index (χ4v) is 5.25. The van der Waals surface area contributed by atoms with Crippen molar-refractivity contribution in [3.8, 4) is 11.5 Å². The molecule has 1 aromatic carbocycles. The second kappa shape index (κ2) is 5.45. The van der Waals surface area contributed by atoms with E-state index in [0.29, 0.717) is 17.3 Å². The molecule has 6 heteroatoms. The molecule has 3 atom stereocenters. The average Bonchev–Trinajstić information content (AvgIpc) is 2.95. The van der Waals surface area contributed by atoms with E-state index in [9.17, 15) is 9.59 Å². The fourth-order valence-electron chi connectivity index (χ4n) is 5.25. The van der Waals surface area contributed by atoms with Crippen LogP contribution in [0.4, 0.5) is 0 Å². The number of allylic oxidation sites excluding steroid dienone is 2. The van der Waals surface area contributed by atoms with Gasteiger partial charge in [-0.1, -0.05) is 12.1 Å². The van der Waals surface area contributed by atoms with Crippen molar-refractivity contribution in [2.45, 2.75) is 44.2 Å². The molecule has 0 amide bonds. The molecule has 0 N–H and O–H groups in total. The normalized spacial score (nSPS) is 29.9. The van der Waals surface area contributed by atoms with E-state index in [1.807, 2.05) is 18.2 Å². The molecule has 2 aliphatic carbocycles. The second-order valence-corrected chi connectivity index (χ2v) is 7.73. The lowest BCUT2D eigenvalue weighted by atomic mass is 9.57. The van der Waals surface area contributed by atoms with Crippen molar-refractivity contribution in [1.29, 1.82) is 0 Å². The van der Waals surface area contributed by atoms with Crippen LogP contribution in [0.1, 0.15) is 31.4 Å². The molecular formula is C21H21NO5. The number of piperidine rings is 1. The van der Waals surface area contributed by atoms with Crippen molar-refractivity contribution in [2.75, 3.05) is 13.6 Å². The van der Waals surface area contributed by atoms with E-state index in [1.165, 1.54) is 25.0 Å². The molecule has 0 radical (unpaired) electrons. The Morgan fingerprint density at radius 1 is 1.19 bits per heavy atom. The van der Waals surface area contributed by atoms with E-state index in [2.05, 4.69) is 18.0 Å². The Kier molecular flexibility index (Phi) is 3.35. The van der Waals surface area contributed by atoms with Gasteiger partial charge in [0.05, 0.1) is 5.41 Å². The Balaban J connectivity index is 1.75. The first-order valence-corrected chi connectivity index (χ1v) is 9.24. The third kappa shape index (κ3) is 2.10. The molecule has 2 bridgehead atoms. The zero-order valence-corrected chi connectivity index (χ0v) is 15.6. The summed E-state index contributed by atoms with van der Waals surface area (Å²) >= 11 is 0. The summed E-state index contributed by atoms with van der Waals surface area (Å²) in [6, 6.07) is 4.14. The minimum Gasteiger partial charge on any atom is -0.477 e. The minimum atomic E-state index is -0.414. The maximum Gasteiger partial charge on any atom is 0.308 e. The van der Waals surface area contributed by atoms with Gasteiger partial charge in [0.25, 0.3) is 0 Å². The Morgan fingerprint density at radius 2 is 1.96 bits per heavy atom. The number of benzene rings is 1. The van der Waals surface area contributed by atoms with Gasteiger partial charge in [-0.05, 0) is 49.7 Å². The summed E-state index contributed by atoms with van der Waals surface area (Å²) in [7, 11) is 2.15. The summed E-state index contributed by atoms with van der Waals surface area (Å²) in [6.45, 7) is 3.70. The summed E-state index contributed by atoms with van der Waals surface area (Å²) in [5, 5.41) is 0. The summed E-state index contributed by atoms with van der Waals surface area (Å²) in [5.74, 6) is 0.818. The zero-order chi connectivity index (χ0) is 18.9. The highest BCUT2D eigenvalue weighted by Gasteiger charge is 2.62. The molecule has 4 aliphatic rings. The van der Waals surface area contributed by atoms with Gasteiger partial charge in [0.1, 0.15) is 5.76 Å². The van der Waals surface area contributed by atoms with Crippen LogP contribution in [0, 0.1) is 0 Å². The maximum atomic E-state index is 11.7. The van der Waals surface area contributed by atoms with E-state index in [-0.39, 0.29) is 23.4 Å². The monoisotopic (exact) mass is 367 g/mol. The molecule has 1 spiro atoms. The zero-order valence-electron chi connectivity index (χ0n) is 15.6. The van der Waals surface area contributed by atoms with Gasteiger partial charge in [-0.3, -0.25) is 14.5 Å². The third-order valence-corrected chi connectivity index (χ3v) is 6.22. The Labute approximate surface area is 157 Å². The van der Waals surface area contributed by atoms with Crippen molar-refractivity contribution in [3.63, 3.8) is 0 Å². The minimum absolute atomic E-state index is 0.290. The molecule has 0 aromatic heterocycles. The summed E-state index contributed by atoms with van der Waals surface area (Å²) in [5.41, 5.74) is 3.24. The largest absolute Gasteiger partial charge is 0.477 e.